The number of furan rings is 1. The first kappa shape index (κ1) is 11.4. The molecule has 84 valence electrons. The van der Waals surface area contributed by atoms with Gasteiger partial charge in [0.2, 0.25) is 0 Å². The van der Waals surface area contributed by atoms with Crippen LogP contribution in [0.2, 0.25) is 5.22 Å². The van der Waals surface area contributed by atoms with E-state index >= 15 is 0 Å². The second-order valence-electron chi connectivity index (χ2n) is 4.01. The van der Waals surface area contributed by atoms with Crippen LogP contribution in [0, 0.1) is 0 Å². The van der Waals surface area contributed by atoms with Gasteiger partial charge in [-0.25, -0.2) is 0 Å². The van der Waals surface area contributed by atoms with Crippen LogP contribution in [0.1, 0.15) is 25.5 Å². The lowest BCUT2D eigenvalue weighted by Crippen LogP contribution is -2.24. The topological polar surface area (TPSA) is 25.2 Å². The van der Waals surface area contributed by atoms with Crippen molar-refractivity contribution in [2.45, 2.75) is 36.8 Å². The van der Waals surface area contributed by atoms with Gasteiger partial charge in [0.05, 0.1) is 5.75 Å². The van der Waals surface area contributed by atoms with Gasteiger partial charge in [-0.05, 0) is 36.6 Å². The van der Waals surface area contributed by atoms with Crippen LogP contribution in [0.3, 0.4) is 0 Å². The molecule has 1 heterocycles. The molecule has 1 atom stereocenters. The van der Waals surface area contributed by atoms with Gasteiger partial charge in [-0.2, -0.15) is 0 Å². The molecule has 1 saturated carbocycles. The van der Waals surface area contributed by atoms with E-state index in [4.69, 9.17) is 16.0 Å². The zero-order valence-electron chi connectivity index (χ0n) is 8.83. The van der Waals surface area contributed by atoms with Crippen molar-refractivity contribution >= 4 is 23.4 Å². The van der Waals surface area contributed by atoms with Crippen molar-refractivity contribution in [1.82, 2.24) is 5.32 Å². The molecule has 1 unspecified atom stereocenters. The van der Waals surface area contributed by atoms with Gasteiger partial charge in [0.15, 0.2) is 5.22 Å². The molecule has 1 aromatic rings. The Hall–Kier alpha value is -0.120. The summed E-state index contributed by atoms with van der Waals surface area (Å²) in [5.74, 6) is 1.86. The molecular formula is C11H16ClNOS. The maximum atomic E-state index is 5.70. The zero-order valence-corrected chi connectivity index (χ0v) is 10.4. The summed E-state index contributed by atoms with van der Waals surface area (Å²) in [4.78, 5) is 0. The van der Waals surface area contributed by atoms with Crippen LogP contribution in [0.4, 0.5) is 0 Å². The highest BCUT2D eigenvalue weighted by Gasteiger charge is 2.20. The maximum absolute atomic E-state index is 5.70. The summed E-state index contributed by atoms with van der Waals surface area (Å²) >= 11 is 7.60. The molecular weight excluding hydrogens is 230 g/mol. The fourth-order valence-electron chi connectivity index (χ4n) is 1.33. The molecule has 1 aliphatic carbocycles. The van der Waals surface area contributed by atoms with Crippen LogP contribution in [-0.2, 0) is 5.75 Å². The van der Waals surface area contributed by atoms with E-state index in [-0.39, 0.29) is 0 Å². The van der Waals surface area contributed by atoms with Gasteiger partial charge in [0.1, 0.15) is 5.76 Å². The first-order valence-electron chi connectivity index (χ1n) is 5.33. The van der Waals surface area contributed by atoms with Gasteiger partial charge in [-0.3, -0.25) is 0 Å². The lowest BCUT2D eigenvalue weighted by Gasteiger charge is -2.10. The number of hydrogen-bond donors (Lipinski definition) is 1. The largest absolute Gasteiger partial charge is 0.449 e. The summed E-state index contributed by atoms with van der Waals surface area (Å²) in [7, 11) is 0. The minimum absolute atomic E-state index is 0.481. The summed E-state index contributed by atoms with van der Waals surface area (Å²) < 4.78 is 5.30. The molecule has 1 N–H and O–H groups in total. The van der Waals surface area contributed by atoms with Crippen molar-refractivity contribution in [3.8, 4) is 0 Å². The van der Waals surface area contributed by atoms with Crippen molar-refractivity contribution in [2.75, 3.05) is 6.54 Å². The van der Waals surface area contributed by atoms with Crippen LogP contribution >= 0.6 is 23.4 Å². The second-order valence-corrected chi connectivity index (χ2v) is 5.81. The Kier molecular flexibility index (Phi) is 4.00. The third kappa shape index (κ3) is 4.09. The lowest BCUT2D eigenvalue weighted by molar-refractivity contribution is 0.532. The molecule has 0 amide bonds. The molecule has 2 nitrogen and oxygen atoms in total. The molecule has 0 saturated heterocycles. The quantitative estimate of drug-likeness (QED) is 0.833. The minimum atomic E-state index is 0.481. The lowest BCUT2D eigenvalue weighted by atomic mass is 10.4. The van der Waals surface area contributed by atoms with Gasteiger partial charge >= 0.3 is 0 Å². The van der Waals surface area contributed by atoms with Gasteiger partial charge in [-0.1, -0.05) is 6.92 Å². The standard InChI is InChI=1S/C11H16ClNOS/c1-8(6-13-9-2-3-9)15-7-10-4-5-11(12)14-10/h4-5,8-9,13H,2-3,6-7H2,1H3. The molecule has 0 aromatic carbocycles. The van der Waals surface area contributed by atoms with Gasteiger partial charge < -0.3 is 9.73 Å². The van der Waals surface area contributed by atoms with E-state index < -0.39 is 0 Å². The molecule has 0 radical (unpaired) electrons. The number of rotatable bonds is 6. The third-order valence-electron chi connectivity index (χ3n) is 2.41. The Bertz CT molecular complexity index is 311. The van der Waals surface area contributed by atoms with Crippen molar-refractivity contribution in [1.29, 1.82) is 0 Å². The normalized spacial score (nSPS) is 18.0. The molecule has 1 fully saturated rings. The summed E-state index contributed by atoms with van der Waals surface area (Å²) in [6.07, 6.45) is 2.70. The van der Waals surface area contributed by atoms with Gasteiger partial charge in [0, 0.05) is 17.8 Å². The Labute approximate surface area is 99.8 Å². The Balaban J connectivity index is 1.63. The average Bonchev–Trinajstić information content (AvgIpc) is 2.95. The van der Waals surface area contributed by atoms with Crippen molar-refractivity contribution in [3.05, 3.63) is 23.1 Å². The Morgan fingerprint density at radius 3 is 3.00 bits per heavy atom. The highest BCUT2D eigenvalue weighted by molar-refractivity contribution is 7.99. The highest BCUT2D eigenvalue weighted by atomic mass is 35.5. The van der Waals surface area contributed by atoms with Crippen LogP contribution in [0.15, 0.2) is 16.5 Å². The van der Waals surface area contributed by atoms with Crippen molar-refractivity contribution < 1.29 is 4.42 Å². The van der Waals surface area contributed by atoms with Crippen LogP contribution in [0.5, 0.6) is 0 Å². The predicted octanol–water partition coefficient (Wildman–Crippen LogP) is 3.31. The molecule has 2 rings (SSSR count). The van der Waals surface area contributed by atoms with E-state index in [2.05, 4.69) is 12.2 Å². The first-order valence-corrected chi connectivity index (χ1v) is 6.76. The molecule has 0 spiro atoms. The Morgan fingerprint density at radius 2 is 2.40 bits per heavy atom. The second kappa shape index (κ2) is 5.28. The zero-order chi connectivity index (χ0) is 10.7. The number of halogens is 1. The molecule has 1 aromatic heterocycles. The minimum Gasteiger partial charge on any atom is -0.449 e. The monoisotopic (exact) mass is 245 g/mol. The molecule has 0 aliphatic heterocycles. The van der Waals surface area contributed by atoms with Gasteiger partial charge in [0.25, 0.3) is 0 Å². The van der Waals surface area contributed by atoms with E-state index in [0.29, 0.717) is 10.5 Å². The van der Waals surface area contributed by atoms with E-state index in [0.717, 1.165) is 24.1 Å². The van der Waals surface area contributed by atoms with E-state index in [1.807, 2.05) is 17.8 Å². The van der Waals surface area contributed by atoms with Crippen molar-refractivity contribution in [3.63, 3.8) is 0 Å². The van der Waals surface area contributed by atoms with Crippen molar-refractivity contribution in [2.24, 2.45) is 0 Å². The smallest absolute Gasteiger partial charge is 0.193 e. The van der Waals surface area contributed by atoms with Crippen LogP contribution in [0.25, 0.3) is 0 Å². The molecule has 4 heteroatoms. The fraction of sp³-hybridized carbons (Fsp3) is 0.636. The Morgan fingerprint density at radius 1 is 1.60 bits per heavy atom. The highest BCUT2D eigenvalue weighted by Crippen LogP contribution is 2.23. The fourth-order valence-corrected chi connectivity index (χ4v) is 2.31. The van der Waals surface area contributed by atoms with Gasteiger partial charge in [-0.15, -0.1) is 11.8 Å². The van der Waals surface area contributed by atoms with Crippen LogP contribution < -0.4 is 5.32 Å². The molecule has 1 aliphatic rings. The first-order chi connectivity index (χ1) is 7.24. The third-order valence-corrected chi connectivity index (χ3v) is 3.80. The molecule has 0 bridgehead atoms. The predicted molar refractivity (Wildman–Crippen MR) is 65.5 cm³/mol. The summed E-state index contributed by atoms with van der Waals surface area (Å²) in [6, 6.07) is 4.53. The maximum Gasteiger partial charge on any atom is 0.193 e. The van der Waals surface area contributed by atoms with E-state index in [1.165, 1.54) is 12.8 Å². The summed E-state index contributed by atoms with van der Waals surface area (Å²) in [6.45, 7) is 3.33. The average molecular weight is 246 g/mol. The van der Waals surface area contributed by atoms with E-state index in [9.17, 15) is 0 Å². The summed E-state index contributed by atoms with van der Waals surface area (Å²) in [5.41, 5.74) is 0. The SMILES string of the molecule is CC(CNC1CC1)SCc1ccc(Cl)o1. The van der Waals surface area contributed by atoms with E-state index in [1.54, 1.807) is 6.07 Å². The number of nitrogens with one attached hydrogen (secondary N) is 1. The van der Waals surface area contributed by atoms with Crippen LogP contribution in [-0.4, -0.2) is 17.8 Å². The number of thioether (sulfide) groups is 1. The number of hydrogen-bond acceptors (Lipinski definition) is 3. The summed E-state index contributed by atoms with van der Waals surface area (Å²) in [5, 5.41) is 4.62. The molecule has 15 heavy (non-hydrogen) atoms.